The van der Waals surface area contributed by atoms with Gasteiger partial charge in [0.2, 0.25) is 35.4 Å². The normalized spacial score (nSPS) is 16.6. The standard InChI is InChI=1S/C62H96N8O18/c1-47-45-48-13-3-4-14-49(48)46-69(53-18-6-5-15-50(47)53)57(74)20-8-7-19-54(71)64-28-29-66-62(79)52(67-55(72)21-24-60(77)88-70-58(75)22-23-59(70)76)17-10-12-27-65-61(78)51(16-9-11-26-63)68-56(73)25-30-81-33-34-83-37-38-85-41-42-87-44-43-86-40-39-84-36-35-82-32-31-80-2/h3-6,13-15,18,45,48-49,51-52H,7-12,16-17,19-44,46,63H2,1-2H3,(H,64,71)(H,65,78)(H,66,79)(H,67,72)(H,68,73)/b47-45-/t48?,49?,51-,52-/m0/s1. The van der Waals surface area contributed by atoms with E-state index in [1.807, 2.05) is 41.3 Å². The number of fused-ring (bicyclic) bond motifs is 2. The number of rotatable bonds is 49. The molecule has 2 aliphatic heterocycles. The molecule has 492 valence electrons. The molecule has 0 spiro atoms. The first-order valence-corrected chi connectivity index (χ1v) is 30.9. The van der Waals surface area contributed by atoms with Crippen LogP contribution in [0.15, 0.2) is 54.6 Å². The largest absolute Gasteiger partial charge is 0.382 e. The van der Waals surface area contributed by atoms with Crippen molar-refractivity contribution in [1.82, 2.24) is 31.6 Å². The van der Waals surface area contributed by atoms with Gasteiger partial charge in [-0.3, -0.25) is 38.4 Å². The van der Waals surface area contributed by atoms with E-state index in [9.17, 15) is 43.2 Å². The van der Waals surface area contributed by atoms with Crippen molar-refractivity contribution in [3.05, 3.63) is 60.2 Å². The molecule has 0 saturated carbocycles. The van der Waals surface area contributed by atoms with Gasteiger partial charge in [-0.2, -0.15) is 0 Å². The van der Waals surface area contributed by atoms with Crippen molar-refractivity contribution in [1.29, 1.82) is 0 Å². The molecule has 1 saturated heterocycles. The Morgan fingerprint density at radius 1 is 0.557 bits per heavy atom. The Kier molecular flexibility index (Phi) is 38.4. The summed E-state index contributed by atoms with van der Waals surface area (Å²) in [5.41, 5.74) is 8.70. The highest BCUT2D eigenvalue weighted by atomic mass is 16.7. The molecule has 0 bridgehead atoms. The SMILES string of the molecule is COCCOCCOCCOCCOCCOCCOCCOCCC(=O)N[C@@H](CCCCN)C(=O)NCCCC[C@H](NC(=O)CCC(=O)ON1C(=O)CCC1=O)C(=O)NCCNC(=O)CCCCC(=O)N1CC2C=CC=CC2/C=C(/C)c2ccccc21. The fourth-order valence-corrected chi connectivity index (χ4v) is 9.42. The zero-order chi connectivity index (χ0) is 63.4. The molecular formula is C62H96N8O18. The smallest absolute Gasteiger partial charge is 0.333 e. The third kappa shape index (κ3) is 31.1. The van der Waals surface area contributed by atoms with Crippen molar-refractivity contribution in [2.75, 3.05) is 144 Å². The molecule has 1 aromatic carbocycles. The number of ether oxygens (including phenoxy) is 8. The van der Waals surface area contributed by atoms with Crippen LogP contribution in [0.3, 0.4) is 0 Å². The molecule has 1 fully saturated rings. The monoisotopic (exact) mass is 1240 g/mol. The minimum absolute atomic E-state index is 0.0125. The number of anilines is 1. The lowest BCUT2D eigenvalue weighted by atomic mass is 9.83. The molecule has 4 rings (SSSR count). The Labute approximate surface area is 517 Å². The summed E-state index contributed by atoms with van der Waals surface area (Å²) < 4.78 is 43.2. The zero-order valence-electron chi connectivity index (χ0n) is 51.6. The molecular weight excluding hydrogens is 1140 g/mol. The summed E-state index contributed by atoms with van der Waals surface area (Å²) in [5, 5.41) is 14.2. The number of allylic oxidation sites excluding steroid dienone is 5. The number of carbonyl (C=O) groups excluding carboxylic acids is 9. The summed E-state index contributed by atoms with van der Waals surface area (Å²) in [4.78, 5) is 122. The van der Waals surface area contributed by atoms with E-state index in [1.54, 1.807) is 7.11 Å². The van der Waals surface area contributed by atoms with Crippen molar-refractivity contribution in [3.8, 4) is 0 Å². The highest BCUT2D eigenvalue weighted by Gasteiger charge is 2.33. The van der Waals surface area contributed by atoms with Gasteiger partial charge in [0.05, 0.1) is 111 Å². The summed E-state index contributed by atoms with van der Waals surface area (Å²) >= 11 is 0. The second-order valence-electron chi connectivity index (χ2n) is 21.1. The summed E-state index contributed by atoms with van der Waals surface area (Å²) in [7, 11) is 1.62. The van der Waals surface area contributed by atoms with Crippen LogP contribution in [0.25, 0.3) is 5.57 Å². The number of benzene rings is 1. The van der Waals surface area contributed by atoms with Crippen molar-refractivity contribution in [2.45, 2.75) is 115 Å². The van der Waals surface area contributed by atoms with Gasteiger partial charge in [-0.05, 0) is 76.5 Å². The third-order valence-electron chi connectivity index (χ3n) is 14.2. The summed E-state index contributed by atoms with van der Waals surface area (Å²) in [6, 6.07) is 6.00. The number of para-hydroxylation sites is 1. The lowest BCUT2D eigenvalue weighted by molar-refractivity contribution is -0.197. The summed E-state index contributed by atoms with van der Waals surface area (Å²) in [6.45, 7) is 9.49. The second-order valence-corrected chi connectivity index (χ2v) is 21.1. The van der Waals surface area contributed by atoms with Crippen LogP contribution in [0.5, 0.6) is 0 Å². The second kappa shape index (κ2) is 45.7. The average molecular weight is 1240 g/mol. The molecule has 1 aromatic rings. The zero-order valence-corrected chi connectivity index (χ0v) is 51.6. The predicted molar refractivity (Wildman–Crippen MR) is 324 cm³/mol. The van der Waals surface area contributed by atoms with E-state index in [4.69, 9.17) is 48.5 Å². The molecule has 8 amide bonds. The van der Waals surface area contributed by atoms with Gasteiger partial charge in [-0.15, -0.1) is 5.06 Å². The average Bonchev–Trinajstić information content (AvgIpc) is 2.79. The number of imide groups is 1. The van der Waals surface area contributed by atoms with Crippen LogP contribution < -0.4 is 37.2 Å². The number of nitrogens with two attached hydrogens (primary N) is 1. The number of hydrogen-bond acceptors (Lipinski definition) is 19. The minimum atomic E-state index is -1.08. The molecule has 7 N–H and O–H groups in total. The Morgan fingerprint density at radius 3 is 1.66 bits per heavy atom. The van der Waals surface area contributed by atoms with Gasteiger partial charge in [0.1, 0.15) is 12.1 Å². The number of unbranched alkanes of at least 4 members (excludes halogenated alkanes) is 3. The first-order chi connectivity index (χ1) is 42.8. The van der Waals surface area contributed by atoms with E-state index >= 15 is 0 Å². The van der Waals surface area contributed by atoms with Crippen LogP contribution in [0.1, 0.15) is 109 Å². The van der Waals surface area contributed by atoms with Crippen LogP contribution in [-0.2, 0) is 85.9 Å². The first kappa shape index (κ1) is 74.0. The number of methoxy groups -OCH3 is 1. The molecule has 3 aliphatic rings. The minimum Gasteiger partial charge on any atom is -0.382 e. The van der Waals surface area contributed by atoms with E-state index in [-0.39, 0.29) is 101 Å². The van der Waals surface area contributed by atoms with Crippen LogP contribution in [0, 0.1) is 11.8 Å². The molecule has 2 heterocycles. The summed E-state index contributed by atoms with van der Waals surface area (Å²) in [5.74, 6) is -4.24. The highest BCUT2D eigenvalue weighted by molar-refractivity contribution is 6.02. The Hall–Kier alpha value is -6.49. The molecule has 26 nitrogen and oxygen atoms in total. The topological polar surface area (TPSA) is 329 Å². The van der Waals surface area contributed by atoms with Gasteiger partial charge < -0.3 is 80.0 Å². The number of carbonyl (C=O) groups is 9. The van der Waals surface area contributed by atoms with Crippen LogP contribution in [0.4, 0.5) is 5.69 Å². The van der Waals surface area contributed by atoms with E-state index in [0.29, 0.717) is 149 Å². The number of nitrogens with zero attached hydrogens (tertiary/aromatic N) is 2. The fourth-order valence-electron chi connectivity index (χ4n) is 9.42. The Bertz CT molecular complexity index is 2370. The van der Waals surface area contributed by atoms with Crippen LogP contribution in [0.2, 0.25) is 0 Å². The number of hydroxylamine groups is 2. The Balaban J connectivity index is 1.11. The Morgan fingerprint density at radius 2 is 1.07 bits per heavy atom. The molecule has 0 aromatic heterocycles. The number of nitrogens with one attached hydrogen (secondary N) is 5. The molecule has 0 radical (unpaired) electrons. The van der Waals surface area contributed by atoms with Crippen molar-refractivity contribution >= 4 is 64.5 Å². The molecule has 26 heteroatoms. The van der Waals surface area contributed by atoms with Gasteiger partial charge in [0, 0.05) is 89.2 Å². The van der Waals surface area contributed by atoms with Gasteiger partial charge >= 0.3 is 5.97 Å². The van der Waals surface area contributed by atoms with E-state index < -0.39 is 60.4 Å². The van der Waals surface area contributed by atoms with E-state index in [1.165, 1.54) is 0 Å². The maximum atomic E-state index is 13.7. The quantitative estimate of drug-likeness (QED) is 0.0403. The number of amides is 8. The predicted octanol–water partition coefficient (Wildman–Crippen LogP) is 2.51. The molecule has 2 unspecified atom stereocenters. The van der Waals surface area contributed by atoms with Crippen molar-refractivity contribution in [2.24, 2.45) is 17.6 Å². The lowest BCUT2D eigenvalue weighted by Crippen LogP contribution is -2.48. The maximum absolute atomic E-state index is 13.7. The van der Waals surface area contributed by atoms with Gasteiger partial charge in [-0.1, -0.05) is 48.6 Å². The first-order valence-electron chi connectivity index (χ1n) is 30.9. The van der Waals surface area contributed by atoms with Crippen LogP contribution >= 0.6 is 0 Å². The molecule has 88 heavy (non-hydrogen) atoms. The highest BCUT2D eigenvalue weighted by Crippen LogP contribution is 2.36. The van der Waals surface area contributed by atoms with Gasteiger partial charge in [0.25, 0.3) is 11.8 Å². The molecule has 1 aliphatic carbocycles. The van der Waals surface area contributed by atoms with E-state index in [2.05, 4.69) is 51.7 Å². The third-order valence-corrected chi connectivity index (χ3v) is 14.2. The van der Waals surface area contributed by atoms with Crippen LogP contribution in [-0.4, -0.2) is 209 Å². The maximum Gasteiger partial charge on any atom is 0.333 e. The fraction of sp³-hybridized carbons (Fsp3) is 0.661. The van der Waals surface area contributed by atoms with Gasteiger partial charge in [-0.25, -0.2) is 4.79 Å². The van der Waals surface area contributed by atoms with Crippen molar-refractivity contribution < 1.29 is 85.9 Å². The van der Waals surface area contributed by atoms with Crippen molar-refractivity contribution in [3.63, 3.8) is 0 Å². The van der Waals surface area contributed by atoms with E-state index in [0.717, 1.165) is 16.8 Å². The number of hydrogen-bond donors (Lipinski definition) is 6. The molecule has 4 atom stereocenters. The van der Waals surface area contributed by atoms with Gasteiger partial charge in [0.15, 0.2) is 0 Å². The summed E-state index contributed by atoms with van der Waals surface area (Å²) in [6.07, 6.45) is 13.4. The lowest BCUT2D eigenvalue weighted by Gasteiger charge is -2.34.